The summed E-state index contributed by atoms with van der Waals surface area (Å²) in [5.41, 5.74) is 2.79. The number of rotatable bonds is 6. The van der Waals surface area contributed by atoms with Crippen LogP contribution in [0.15, 0.2) is 47.0 Å². The lowest BCUT2D eigenvalue weighted by Gasteiger charge is -2.18. The molecule has 0 unspecified atom stereocenters. The second-order valence-electron chi connectivity index (χ2n) is 7.66. The lowest BCUT2D eigenvalue weighted by Crippen LogP contribution is -2.17. The number of nitrogens with one attached hydrogen (secondary N) is 1. The summed E-state index contributed by atoms with van der Waals surface area (Å²) >= 11 is 0. The zero-order chi connectivity index (χ0) is 21.0. The number of aromatic nitrogens is 2. The monoisotopic (exact) mass is 420 g/mol. The van der Waals surface area contributed by atoms with Crippen LogP contribution in [0.5, 0.6) is 11.5 Å². The van der Waals surface area contributed by atoms with Gasteiger partial charge in [0.05, 0.1) is 0 Å². The molecule has 160 valence electrons. The van der Waals surface area contributed by atoms with Crippen molar-refractivity contribution in [2.45, 2.75) is 25.7 Å². The van der Waals surface area contributed by atoms with E-state index in [2.05, 4.69) is 32.5 Å². The quantitative estimate of drug-likeness (QED) is 0.651. The number of nitrogens with zero attached hydrogens (tertiary/aromatic N) is 3. The van der Waals surface area contributed by atoms with Crippen LogP contribution < -0.4 is 19.7 Å². The zero-order valence-electron chi connectivity index (χ0n) is 17.2. The van der Waals surface area contributed by atoms with Gasteiger partial charge in [0, 0.05) is 48.9 Å². The predicted octanol–water partition coefficient (Wildman–Crippen LogP) is 3.68. The zero-order valence-corrected chi connectivity index (χ0v) is 17.2. The molecule has 31 heavy (non-hydrogen) atoms. The van der Waals surface area contributed by atoms with Crippen molar-refractivity contribution in [3.8, 4) is 22.9 Å². The molecule has 0 atom stereocenters. The molecule has 0 bridgehead atoms. The maximum absolute atomic E-state index is 12.3. The third kappa shape index (κ3) is 4.47. The number of benzene rings is 2. The van der Waals surface area contributed by atoms with Crippen molar-refractivity contribution >= 4 is 17.3 Å². The normalized spacial score (nSPS) is 15.2. The molecule has 0 aliphatic carbocycles. The van der Waals surface area contributed by atoms with Gasteiger partial charge in [0.1, 0.15) is 13.2 Å². The summed E-state index contributed by atoms with van der Waals surface area (Å²) in [4.78, 5) is 19.1. The second kappa shape index (κ2) is 8.67. The average molecular weight is 420 g/mol. The molecule has 2 aliphatic rings. The molecule has 8 heteroatoms. The highest BCUT2D eigenvalue weighted by Crippen LogP contribution is 2.32. The lowest BCUT2D eigenvalue weighted by atomic mass is 10.2. The number of fused-ring (bicyclic) bond motifs is 1. The molecule has 2 aromatic carbocycles. The van der Waals surface area contributed by atoms with Gasteiger partial charge in [-0.15, -0.1) is 0 Å². The minimum atomic E-state index is -0.133. The SMILES string of the molecule is O=C(CCc1nc(-c2ccc(N3CCCC3)cc2)no1)Nc1ccc2c(c1)OCCO2. The van der Waals surface area contributed by atoms with Crippen molar-refractivity contribution in [2.24, 2.45) is 0 Å². The Morgan fingerprint density at radius 1 is 1.00 bits per heavy atom. The van der Waals surface area contributed by atoms with Crippen LogP contribution in [0.2, 0.25) is 0 Å². The maximum Gasteiger partial charge on any atom is 0.227 e. The molecule has 3 aromatic rings. The van der Waals surface area contributed by atoms with Crippen molar-refractivity contribution in [3.05, 3.63) is 48.4 Å². The van der Waals surface area contributed by atoms with Gasteiger partial charge in [-0.3, -0.25) is 4.79 Å². The number of carbonyl (C=O) groups excluding carboxylic acids is 1. The third-order valence-electron chi connectivity index (χ3n) is 5.46. The first kappa shape index (κ1) is 19.4. The number of ether oxygens (including phenoxy) is 2. The van der Waals surface area contributed by atoms with E-state index in [0.717, 1.165) is 18.7 Å². The molecule has 5 rings (SSSR count). The Labute approximate surface area is 180 Å². The van der Waals surface area contributed by atoms with Crippen molar-refractivity contribution in [3.63, 3.8) is 0 Å². The maximum atomic E-state index is 12.3. The minimum absolute atomic E-state index is 0.133. The Morgan fingerprint density at radius 3 is 2.58 bits per heavy atom. The van der Waals surface area contributed by atoms with Gasteiger partial charge in [0.15, 0.2) is 11.5 Å². The molecule has 1 N–H and O–H groups in total. The summed E-state index contributed by atoms with van der Waals surface area (Å²) in [7, 11) is 0. The fraction of sp³-hybridized carbons (Fsp3) is 0.348. The molecular weight excluding hydrogens is 396 g/mol. The Kier molecular flexibility index (Phi) is 5.43. The topological polar surface area (TPSA) is 89.7 Å². The molecule has 0 spiro atoms. The summed E-state index contributed by atoms with van der Waals surface area (Å²) in [5.74, 6) is 2.18. The van der Waals surface area contributed by atoms with Gasteiger partial charge < -0.3 is 24.2 Å². The number of hydrogen-bond acceptors (Lipinski definition) is 7. The van der Waals surface area contributed by atoms with Crippen molar-refractivity contribution in [1.29, 1.82) is 0 Å². The van der Waals surface area contributed by atoms with E-state index in [9.17, 15) is 4.79 Å². The van der Waals surface area contributed by atoms with Gasteiger partial charge in [0.25, 0.3) is 0 Å². The molecule has 0 saturated carbocycles. The molecule has 1 saturated heterocycles. The second-order valence-corrected chi connectivity index (χ2v) is 7.66. The fourth-order valence-electron chi connectivity index (χ4n) is 3.84. The minimum Gasteiger partial charge on any atom is -0.486 e. The van der Waals surface area contributed by atoms with Crippen LogP contribution in [0.3, 0.4) is 0 Å². The highest BCUT2D eigenvalue weighted by atomic mass is 16.6. The molecule has 1 fully saturated rings. The predicted molar refractivity (Wildman–Crippen MR) is 116 cm³/mol. The molecule has 2 aliphatic heterocycles. The van der Waals surface area contributed by atoms with Crippen LogP contribution in [0.25, 0.3) is 11.4 Å². The summed E-state index contributed by atoms with van der Waals surface area (Å²) in [6, 6.07) is 13.6. The molecule has 0 radical (unpaired) electrons. The Morgan fingerprint density at radius 2 is 1.77 bits per heavy atom. The van der Waals surface area contributed by atoms with Crippen molar-refractivity contribution in [2.75, 3.05) is 36.5 Å². The summed E-state index contributed by atoms with van der Waals surface area (Å²) in [6.07, 6.45) is 3.11. The molecule has 3 heterocycles. The fourth-order valence-corrected chi connectivity index (χ4v) is 3.84. The first-order chi connectivity index (χ1) is 15.2. The van der Waals surface area contributed by atoms with Crippen LogP contribution in [-0.2, 0) is 11.2 Å². The van der Waals surface area contributed by atoms with E-state index in [1.165, 1.54) is 18.5 Å². The van der Waals surface area contributed by atoms with Gasteiger partial charge in [0.2, 0.25) is 17.6 Å². The smallest absolute Gasteiger partial charge is 0.227 e. The molecule has 1 aromatic heterocycles. The highest BCUT2D eigenvalue weighted by molar-refractivity contribution is 5.91. The van der Waals surface area contributed by atoms with E-state index in [-0.39, 0.29) is 12.3 Å². The average Bonchev–Trinajstić information content (AvgIpc) is 3.50. The number of anilines is 2. The first-order valence-corrected chi connectivity index (χ1v) is 10.6. The lowest BCUT2D eigenvalue weighted by molar-refractivity contribution is -0.116. The van der Waals surface area contributed by atoms with Gasteiger partial charge in [-0.25, -0.2) is 0 Å². The number of amides is 1. The van der Waals surface area contributed by atoms with Crippen LogP contribution in [-0.4, -0.2) is 42.4 Å². The summed E-state index contributed by atoms with van der Waals surface area (Å²) in [6.45, 7) is 3.26. The van der Waals surface area contributed by atoms with E-state index in [0.29, 0.717) is 48.5 Å². The van der Waals surface area contributed by atoms with E-state index < -0.39 is 0 Å². The molecule has 8 nitrogen and oxygen atoms in total. The van der Waals surface area contributed by atoms with Crippen LogP contribution in [0.4, 0.5) is 11.4 Å². The van der Waals surface area contributed by atoms with E-state index in [1.54, 1.807) is 18.2 Å². The van der Waals surface area contributed by atoms with Crippen molar-refractivity contribution in [1.82, 2.24) is 10.1 Å². The van der Waals surface area contributed by atoms with Gasteiger partial charge in [-0.1, -0.05) is 5.16 Å². The largest absolute Gasteiger partial charge is 0.486 e. The van der Waals surface area contributed by atoms with E-state index >= 15 is 0 Å². The standard InChI is InChI=1S/C23H24N4O4/c28-21(24-17-5-8-19-20(15-17)30-14-13-29-19)9-10-22-25-23(26-31-22)16-3-6-18(7-4-16)27-11-1-2-12-27/h3-8,15H,1-2,9-14H2,(H,24,28). The number of aryl methyl sites for hydroxylation is 1. The highest BCUT2D eigenvalue weighted by Gasteiger charge is 2.15. The Balaban J connectivity index is 1.16. The van der Waals surface area contributed by atoms with Gasteiger partial charge >= 0.3 is 0 Å². The molecule has 1 amide bonds. The number of carbonyl (C=O) groups is 1. The third-order valence-corrected chi connectivity index (χ3v) is 5.46. The van der Waals surface area contributed by atoms with Crippen LogP contribution in [0, 0.1) is 0 Å². The van der Waals surface area contributed by atoms with Crippen molar-refractivity contribution < 1.29 is 18.8 Å². The molecular formula is C23H24N4O4. The number of hydrogen-bond donors (Lipinski definition) is 1. The van der Waals surface area contributed by atoms with Gasteiger partial charge in [-0.2, -0.15) is 4.98 Å². The Bertz CT molecular complexity index is 1060. The van der Waals surface area contributed by atoms with Gasteiger partial charge in [-0.05, 0) is 49.2 Å². The van der Waals surface area contributed by atoms with Crippen LogP contribution in [0.1, 0.15) is 25.2 Å². The van der Waals surface area contributed by atoms with E-state index in [1.807, 2.05) is 12.1 Å². The summed E-state index contributed by atoms with van der Waals surface area (Å²) < 4.78 is 16.4. The van der Waals surface area contributed by atoms with Crippen LogP contribution >= 0.6 is 0 Å². The van der Waals surface area contributed by atoms with E-state index in [4.69, 9.17) is 14.0 Å². The Hall–Kier alpha value is -3.55. The summed E-state index contributed by atoms with van der Waals surface area (Å²) in [5, 5.41) is 6.93. The first-order valence-electron chi connectivity index (χ1n) is 10.6.